The molecule has 10 heteroatoms. The highest BCUT2D eigenvalue weighted by molar-refractivity contribution is 6.11. The molecule has 51 heavy (non-hydrogen) atoms. The molecule has 0 aromatic heterocycles. The Hall–Kier alpha value is -5.64. The number of hydrogen-bond acceptors (Lipinski definition) is 8. The number of fused-ring (bicyclic) bond motifs is 2. The van der Waals surface area contributed by atoms with Gasteiger partial charge in [0.25, 0.3) is 0 Å². The van der Waals surface area contributed by atoms with Gasteiger partial charge < -0.3 is 29.6 Å². The molecule has 0 aliphatic heterocycles. The first-order valence-electron chi connectivity index (χ1n) is 16.8. The molecule has 268 valence electrons. The largest absolute Gasteiger partial charge is 0.492 e. The van der Waals surface area contributed by atoms with Crippen LogP contribution in [0.1, 0.15) is 59.1 Å². The molecular weight excluding hydrogens is 648 g/mol. The van der Waals surface area contributed by atoms with Crippen LogP contribution in [-0.2, 0) is 19.1 Å². The molecule has 0 saturated carbocycles. The van der Waals surface area contributed by atoms with Crippen LogP contribution in [0.15, 0.2) is 84.9 Å². The first kappa shape index (κ1) is 38.2. The molecule has 0 unspecified atom stereocenters. The highest BCUT2D eigenvalue weighted by Gasteiger charge is 2.16. The lowest BCUT2D eigenvalue weighted by atomic mass is 10.0. The molecule has 0 saturated heterocycles. The molecule has 0 heterocycles. The van der Waals surface area contributed by atoms with Crippen molar-refractivity contribution in [1.82, 2.24) is 10.6 Å². The Balaban J connectivity index is 1.27. The minimum absolute atomic E-state index is 0.254. The van der Waals surface area contributed by atoms with Gasteiger partial charge in [0.15, 0.2) is 11.6 Å². The molecule has 0 bridgehead atoms. The van der Waals surface area contributed by atoms with Crippen molar-refractivity contribution in [3.63, 3.8) is 0 Å². The van der Waals surface area contributed by atoms with Crippen LogP contribution in [-0.4, -0.2) is 61.3 Å². The number of nitrogens with one attached hydrogen (secondary N) is 2. The molecule has 2 amide bonds. The summed E-state index contributed by atoms with van der Waals surface area (Å²) in [5, 5.41) is 9.00. The predicted octanol–water partition coefficient (Wildman–Crippen LogP) is 8.05. The van der Waals surface area contributed by atoms with Crippen molar-refractivity contribution >= 4 is 57.4 Å². The van der Waals surface area contributed by atoms with Crippen molar-refractivity contribution in [2.45, 2.75) is 59.2 Å². The number of ether oxygens (including phenoxy) is 4. The molecule has 4 aromatic rings. The van der Waals surface area contributed by atoms with Gasteiger partial charge in [0, 0.05) is 5.39 Å². The van der Waals surface area contributed by atoms with Crippen molar-refractivity contribution < 1.29 is 38.1 Å². The van der Waals surface area contributed by atoms with Gasteiger partial charge in [0.2, 0.25) is 0 Å². The summed E-state index contributed by atoms with van der Waals surface area (Å²) in [6, 6.07) is 22.8. The molecule has 0 radical (unpaired) electrons. The summed E-state index contributed by atoms with van der Waals surface area (Å²) in [6.07, 6.45) is 4.99. The minimum atomic E-state index is -0.570. The van der Waals surface area contributed by atoms with Gasteiger partial charge in [0.1, 0.15) is 35.9 Å². The quantitative estimate of drug-likeness (QED) is 0.0771. The topological polar surface area (TPSA) is 129 Å². The summed E-state index contributed by atoms with van der Waals surface area (Å²) in [5.74, 6) is 0.709. The SMILES string of the molecule is CC(C)(C)OC(=O)NCCOc1ccc2c(C=CC(=O)CC(=O)C=Cc3ccc4c(OCCNC(=O)OC(C)(C)C)cccc4c3)cccc2c1. The molecule has 0 fully saturated rings. The van der Waals surface area contributed by atoms with E-state index in [9.17, 15) is 19.2 Å². The normalized spacial score (nSPS) is 11.9. The second-order valence-electron chi connectivity index (χ2n) is 13.8. The molecule has 4 aromatic carbocycles. The highest BCUT2D eigenvalue weighted by Crippen LogP contribution is 2.27. The first-order valence-corrected chi connectivity index (χ1v) is 16.8. The summed E-state index contributed by atoms with van der Waals surface area (Å²) in [7, 11) is 0. The zero-order valence-corrected chi connectivity index (χ0v) is 30.0. The van der Waals surface area contributed by atoms with Gasteiger partial charge in [-0.15, -0.1) is 0 Å². The summed E-state index contributed by atoms with van der Waals surface area (Å²) >= 11 is 0. The van der Waals surface area contributed by atoms with Gasteiger partial charge in [-0.2, -0.15) is 0 Å². The van der Waals surface area contributed by atoms with Crippen LogP contribution in [0.2, 0.25) is 0 Å². The summed E-state index contributed by atoms with van der Waals surface area (Å²) in [6.45, 7) is 11.9. The number of alkyl carbamates (subject to hydrolysis) is 2. The lowest BCUT2D eigenvalue weighted by molar-refractivity contribution is -0.121. The van der Waals surface area contributed by atoms with E-state index in [0.29, 0.717) is 24.6 Å². The van der Waals surface area contributed by atoms with Gasteiger partial charge in [-0.1, -0.05) is 60.7 Å². The fourth-order valence-corrected chi connectivity index (χ4v) is 4.95. The summed E-state index contributed by atoms with van der Waals surface area (Å²) in [5.41, 5.74) is 0.503. The Morgan fingerprint density at radius 2 is 1.20 bits per heavy atom. The number of benzene rings is 4. The van der Waals surface area contributed by atoms with E-state index in [1.54, 1.807) is 53.7 Å². The van der Waals surface area contributed by atoms with Gasteiger partial charge >= 0.3 is 12.2 Å². The number of rotatable bonds is 14. The Morgan fingerprint density at radius 1 is 0.627 bits per heavy atom. The number of amides is 2. The highest BCUT2D eigenvalue weighted by atomic mass is 16.6. The van der Waals surface area contributed by atoms with E-state index in [4.69, 9.17) is 18.9 Å². The zero-order valence-electron chi connectivity index (χ0n) is 30.0. The van der Waals surface area contributed by atoms with Crippen molar-refractivity contribution in [1.29, 1.82) is 0 Å². The Morgan fingerprint density at radius 3 is 1.84 bits per heavy atom. The van der Waals surface area contributed by atoms with Crippen LogP contribution in [0.3, 0.4) is 0 Å². The number of carbonyl (C=O) groups is 4. The van der Waals surface area contributed by atoms with E-state index in [1.165, 1.54) is 12.2 Å². The van der Waals surface area contributed by atoms with Gasteiger partial charge in [-0.05, 0) is 105 Å². The van der Waals surface area contributed by atoms with Crippen molar-refractivity contribution in [3.8, 4) is 11.5 Å². The third-order valence-corrected chi connectivity index (χ3v) is 7.08. The van der Waals surface area contributed by atoms with Gasteiger partial charge in [0.05, 0.1) is 19.5 Å². The van der Waals surface area contributed by atoms with Crippen molar-refractivity contribution in [3.05, 3.63) is 96.1 Å². The molecule has 0 aliphatic rings. The Labute approximate surface area is 298 Å². The second kappa shape index (κ2) is 17.3. The fraction of sp³-hybridized carbons (Fsp3) is 0.317. The van der Waals surface area contributed by atoms with E-state index in [-0.39, 0.29) is 31.2 Å². The average Bonchev–Trinajstić information content (AvgIpc) is 3.05. The maximum absolute atomic E-state index is 12.7. The Kier molecular flexibility index (Phi) is 13.0. The zero-order chi connectivity index (χ0) is 37.0. The lowest BCUT2D eigenvalue weighted by Crippen LogP contribution is -2.34. The number of hydrogen-bond donors (Lipinski definition) is 2. The Bertz CT molecular complexity index is 1930. The summed E-state index contributed by atoms with van der Waals surface area (Å²) < 4.78 is 22.1. The third-order valence-electron chi connectivity index (χ3n) is 7.08. The fourth-order valence-electron chi connectivity index (χ4n) is 4.95. The summed E-state index contributed by atoms with van der Waals surface area (Å²) in [4.78, 5) is 49.0. The van der Waals surface area contributed by atoms with Crippen LogP contribution in [0, 0.1) is 0 Å². The van der Waals surface area contributed by atoms with Gasteiger partial charge in [-0.25, -0.2) is 9.59 Å². The van der Waals surface area contributed by atoms with Crippen LogP contribution >= 0.6 is 0 Å². The predicted molar refractivity (Wildman–Crippen MR) is 200 cm³/mol. The van der Waals surface area contributed by atoms with E-state index >= 15 is 0 Å². The van der Waals surface area contributed by atoms with Crippen LogP contribution in [0.4, 0.5) is 9.59 Å². The molecule has 4 rings (SSSR count). The van der Waals surface area contributed by atoms with E-state index in [1.807, 2.05) is 72.8 Å². The van der Waals surface area contributed by atoms with E-state index in [2.05, 4.69) is 10.6 Å². The third kappa shape index (κ3) is 13.0. The van der Waals surface area contributed by atoms with Crippen molar-refractivity contribution in [2.24, 2.45) is 0 Å². The standard InChI is InChI=1S/C41H46N2O8/c1-40(2,3)50-38(46)42-21-23-48-34-18-20-35-29(9-7-10-31(35)26-34)15-17-33(45)27-32(44)16-13-28-14-19-36-30(25-28)11-8-12-37(36)49-24-22-43-39(47)51-41(4,5)6/h7-20,25-26H,21-24,27H2,1-6H3,(H,42,46)(H,43,47). The maximum Gasteiger partial charge on any atom is 0.407 e. The molecule has 0 aliphatic carbocycles. The van der Waals surface area contributed by atoms with E-state index < -0.39 is 23.4 Å². The molecule has 0 spiro atoms. The van der Waals surface area contributed by atoms with Crippen LogP contribution in [0.5, 0.6) is 11.5 Å². The number of ketones is 2. The number of carbonyl (C=O) groups excluding carboxylic acids is 4. The smallest absolute Gasteiger partial charge is 0.407 e. The molecular formula is C41H46N2O8. The minimum Gasteiger partial charge on any atom is -0.492 e. The molecule has 2 N–H and O–H groups in total. The van der Waals surface area contributed by atoms with Crippen molar-refractivity contribution in [2.75, 3.05) is 26.3 Å². The van der Waals surface area contributed by atoms with E-state index in [0.717, 1.165) is 32.7 Å². The van der Waals surface area contributed by atoms with Crippen LogP contribution < -0.4 is 20.1 Å². The monoisotopic (exact) mass is 694 g/mol. The molecule has 0 atom stereocenters. The lowest BCUT2D eigenvalue weighted by Gasteiger charge is -2.19. The van der Waals surface area contributed by atoms with Crippen LogP contribution in [0.25, 0.3) is 33.7 Å². The first-order chi connectivity index (χ1) is 24.1. The number of allylic oxidation sites excluding steroid dienone is 2. The molecule has 10 nitrogen and oxygen atoms in total. The maximum atomic E-state index is 12.7. The van der Waals surface area contributed by atoms with Gasteiger partial charge in [-0.3, -0.25) is 9.59 Å². The second-order valence-corrected chi connectivity index (χ2v) is 13.8. The average molecular weight is 695 g/mol.